The minimum Gasteiger partial charge on any atom is -0.305 e. The first kappa shape index (κ1) is 26.7. The van der Waals surface area contributed by atoms with Crippen molar-refractivity contribution in [2.45, 2.75) is 32.4 Å². The van der Waals surface area contributed by atoms with E-state index in [0.29, 0.717) is 16.7 Å². The maximum absolute atomic E-state index is 8.84. The minimum atomic E-state index is -1.76. The van der Waals surface area contributed by atoms with Crippen LogP contribution < -0.4 is 5.19 Å². The van der Waals surface area contributed by atoms with Crippen molar-refractivity contribution in [1.29, 1.82) is 0 Å². The molecule has 0 spiro atoms. The molecule has 0 aliphatic rings. The normalized spacial score (nSPS) is 12.7. The van der Waals surface area contributed by atoms with Gasteiger partial charge in [-0.3, -0.25) is 0 Å². The Bertz CT molecular complexity index is 1870. The van der Waals surface area contributed by atoms with Crippen molar-refractivity contribution in [2.24, 2.45) is 0 Å². The van der Waals surface area contributed by atoms with Gasteiger partial charge in [-0.15, -0.1) is 71.8 Å². The zero-order valence-electron chi connectivity index (χ0n) is 28.5. The Morgan fingerprint density at radius 1 is 0.605 bits per heavy atom. The number of hydrogen-bond acceptors (Lipinski definition) is 2. The summed E-state index contributed by atoms with van der Waals surface area (Å²) in [5.74, 6) is 0. The van der Waals surface area contributed by atoms with Crippen LogP contribution in [0.15, 0.2) is 140 Å². The van der Waals surface area contributed by atoms with E-state index in [2.05, 4.69) is 41.7 Å². The molecular formula is C39H36IrN2Si-2. The number of nitrogens with zero attached hydrogens (tertiary/aromatic N) is 2. The summed E-state index contributed by atoms with van der Waals surface area (Å²) in [4.78, 5) is 8.94. The fourth-order valence-corrected chi connectivity index (χ4v) is 5.82. The SMILES string of the molecule is [2H]C([2H])(c1ccccc1)c1cc(-c2[c-]cccc2)ncc1[Si](C)(C)C.[2H]C([2H])(c1ccccc1)c1ccnc(-c2[c-]cccc2)c1.[Ir]. The van der Waals surface area contributed by atoms with Gasteiger partial charge in [0.1, 0.15) is 0 Å². The van der Waals surface area contributed by atoms with Crippen LogP contribution in [0.4, 0.5) is 0 Å². The second-order valence-corrected chi connectivity index (χ2v) is 15.9. The summed E-state index contributed by atoms with van der Waals surface area (Å²) in [6, 6.07) is 45.5. The van der Waals surface area contributed by atoms with Crippen LogP contribution in [0.5, 0.6) is 0 Å². The van der Waals surface area contributed by atoms with Crippen LogP contribution in [0.2, 0.25) is 19.6 Å². The first-order chi connectivity index (χ1) is 22.0. The van der Waals surface area contributed by atoms with Gasteiger partial charge in [-0.1, -0.05) is 98.0 Å². The number of rotatable bonds is 7. The third-order valence-corrected chi connectivity index (χ3v) is 8.57. The molecule has 217 valence electrons. The van der Waals surface area contributed by atoms with Gasteiger partial charge < -0.3 is 9.97 Å². The van der Waals surface area contributed by atoms with Crippen molar-refractivity contribution < 1.29 is 25.6 Å². The van der Waals surface area contributed by atoms with Gasteiger partial charge in [0.25, 0.3) is 0 Å². The van der Waals surface area contributed by atoms with Crippen molar-refractivity contribution in [3.63, 3.8) is 0 Å². The van der Waals surface area contributed by atoms with E-state index < -0.39 is 20.8 Å². The first-order valence-corrected chi connectivity index (χ1v) is 17.5. The Labute approximate surface area is 276 Å². The Balaban J connectivity index is 0.000000211. The molecule has 6 aromatic rings. The summed E-state index contributed by atoms with van der Waals surface area (Å²) in [6.45, 7) is 6.68. The standard InChI is InChI=1S/C21H22NSi.C18H14N.Ir/c1-23(2,3)21-16-22-20(18-12-8-5-9-13-18)15-19(21)14-17-10-6-4-7-11-17;1-3-7-15(8-4-1)13-16-11-12-19-18(14-16)17-9-5-2-6-10-17;/h4-12,15-16H,14H2,1-3H3;1-9,11-12,14H,13H2;/q2*-1;/i14D2;13D2;. The molecule has 0 unspecified atom stereocenters. The summed E-state index contributed by atoms with van der Waals surface area (Å²) in [7, 11) is -1.76. The predicted molar refractivity (Wildman–Crippen MR) is 178 cm³/mol. The maximum Gasteiger partial charge on any atom is 0.0799 e. The van der Waals surface area contributed by atoms with Gasteiger partial charge in [-0.05, 0) is 52.1 Å². The molecule has 4 heteroatoms. The fraction of sp³-hybridized carbons (Fsp3) is 0.128. The average molecular weight is 757 g/mol. The summed E-state index contributed by atoms with van der Waals surface area (Å²) < 4.78 is 34.5. The second kappa shape index (κ2) is 15.5. The van der Waals surface area contributed by atoms with Gasteiger partial charge in [-0.2, -0.15) is 0 Å². The number of aromatic nitrogens is 2. The average Bonchev–Trinajstić information content (AvgIpc) is 3.09. The molecule has 2 nitrogen and oxygen atoms in total. The van der Waals surface area contributed by atoms with Crippen molar-refractivity contribution >= 4 is 13.3 Å². The van der Waals surface area contributed by atoms with Crippen molar-refractivity contribution in [1.82, 2.24) is 9.97 Å². The monoisotopic (exact) mass is 757 g/mol. The van der Waals surface area contributed by atoms with Gasteiger partial charge in [0.05, 0.1) is 8.07 Å². The van der Waals surface area contributed by atoms with Crippen LogP contribution in [0.25, 0.3) is 22.5 Å². The van der Waals surface area contributed by atoms with E-state index in [1.807, 2.05) is 109 Å². The third kappa shape index (κ3) is 9.26. The molecule has 0 atom stereocenters. The molecule has 0 aliphatic carbocycles. The maximum atomic E-state index is 8.84. The molecule has 0 N–H and O–H groups in total. The Kier molecular flexibility index (Phi) is 9.61. The van der Waals surface area contributed by atoms with Gasteiger partial charge in [0.15, 0.2) is 0 Å². The van der Waals surface area contributed by atoms with Crippen LogP contribution in [0, 0.1) is 12.1 Å². The van der Waals surface area contributed by atoms with Crippen LogP contribution in [-0.2, 0) is 32.9 Å². The molecular weight excluding hydrogens is 717 g/mol. The molecule has 2 heterocycles. The van der Waals surface area contributed by atoms with Crippen LogP contribution in [-0.4, -0.2) is 18.0 Å². The topological polar surface area (TPSA) is 25.8 Å². The zero-order valence-corrected chi connectivity index (χ0v) is 27.9. The molecule has 43 heavy (non-hydrogen) atoms. The van der Waals surface area contributed by atoms with Crippen LogP contribution >= 0.6 is 0 Å². The van der Waals surface area contributed by atoms with Gasteiger partial charge in [-0.25, -0.2) is 0 Å². The predicted octanol–water partition coefficient (Wildman–Crippen LogP) is 8.82. The summed E-state index contributed by atoms with van der Waals surface area (Å²) in [5, 5.41) is 1.06. The number of benzene rings is 4. The number of pyridine rings is 2. The fourth-order valence-electron chi connectivity index (χ4n) is 4.43. The minimum absolute atomic E-state index is 0. The number of hydrogen-bond donors (Lipinski definition) is 0. The molecule has 0 saturated heterocycles. The van der Waals surface area contributed by atoms with Crippen molar-refractivity contribution in [3.8, 4) is 22.5 Å². The van der Waals surface area contributed by atoms with E-state index in [1.165, 1.54) is 0 Å². The van der Waals surface area contributed by atoms with E-state index in [9.17, 15) is 0 Å². The summed E-state index contributed by atoms with van der Waals surface area (Å²) in [6.07, 6.45) is 0.405. The van der Waals surface area contributed by atoms with Gasteiger partial charge in [0.2, 0.25) is 0 Å². The second-order valence-electron chi connectivity index (χ2n) is 10.8. The van der Waals surface area contributed by atoms with Crippen LogP contribution in [0.3, 0.4) is 0 Å². The van der Waals surface area contributed by atoms with E-state index in [0.717, 1.165) is 33.3 Å². The molecule has 1 radical (unpaired) electrons. The van der Waals surface area contributed by atoms with Crippen molar-refractivity contribution in [3.05, 3.63) is 174 Å². The Morgan fingerprint density at radius 2 is 1.14 bits per heavy atom. The van der Waals surface area contributed by atoms with E-state index in [4.69, 9.17) is 5.48 Å². The molecule has 0 amide bonds. The van der Waals surface area contributed by atoms with Gasteiger partial charge >= 0.3 is 0 Å². The molecule has 4 aromatic carbocycles. The van der Waals surface area contributed by atoms with E-state index >= 15 is 0 Å². The van der Waals surface area contributed by atoms with Crippen LogP contribution in [0.1, 0.15) is 27.7 Å². The molecule has 0 fully saturated rings. The Hall–Kier alpha value is -3.95. The van der Waals surface area contributed by atoms with Crippen molar-refractivity contribution in [2.75, 3.05) is 0 Å². The summed E-state index contributed by atoms with van der Waals surface area (Å²) in [5.41, 5.74) is 5.86. The Morgan fingerprint density at radius 3 is 1.67 bits per heavy atom. The van der Waals surface area contributed by atoms with E-state index in [1.54, 1.807) is 30.5 Å². The quantitative estimate of drug-likeness (QED) is 0.120. The molecule has 2 aromatic heterocycles. The van der Waals surface area contributed by atoms with Gasteiger partial charge in [0, 0.05) is 38.0 Å². The largest absolute Gasteiger partial charge is 0.305 e. The zero-order chi connectivity index (χ0) is 32.8. The molecule has 6 rings (SSSR count). The molecule has 0 aliphatic heterocycles. The molecule has 0 saturated carbocycles. The molecule has 0 bridgehead atoms. The van der Waals surface area contributed by atoms with E-state index in [-0.39, 0.29) is 20.1 Å². The third-order valence-electron chi connectivity index (χ3n) is 6.56. The summed E-state index contributed by atoms with van der Waals surface area (Å²) >= 11 is 0. The smallest absolute Gasteiger partial charge is 0.0799 e. The first-order valence-electron chi connectivity index (χ1n) is 16.0.